The molecule has 1 fully saturated rings. The van der Waals surface area contributed by atoms with Gasteiger partial charge >= 0.3 is 0 Å². The van der Waals surface area contributed by atoms with Crippen LogP contribution in [0, 0.1) is 0 Å². The third kappa shape index (κ3) is 3.45. The Morgan fingerprint density at radius 3 is 2.82 bits per heavy atom. The summed E-state index contributed by atoms with van der Waals surface area (Å²) >= 11 is 1.93. The minimum Gasteiger partial charge on any atom is -0.378 e. The van der Waals surface area contributed by atoms with Crippen molar-refractivity contribution in [1.82, 2.24) is 5.32 Å². The number of hydrogen-bond acceptors (Lipinski definition) is 3. The highest BCUT2D eigenvalue weighted by Crippen LogP contribution is 2.08. The molecular weight excluding hydrogens is 158 g/mol. The van der Waals surface area contributed by atoms with E-state index in [4.69, 9.17) is 4.74 Å². The number of thioether (sulfide) groups is 1. The number of ether oxygens (including phenoxy) is 1. The summed E-state index contributed by atoms with van der Waals surface area (Å²) < 4.78 is 5.05. The first-order valence-corrected chi connectivity index (χ1v) is 5.45. The molecule has 2 nitrogen and oxygen atoms in total. The zero-order valence-electron chi connectivity index (χ0n) is 7.30. The molecule has 0 aromatic carbocycles. The Bertz CT molecular complexity index is 102. The van der Waals surface area contributed by atoms with Crippen LogP contribution in [-0.2, 0) is 4.74 Å². The van der Waals surface area contributed by atoms with E-state index in [9.17, 15) is 0 Å². The fraction of sp³-hybridized carbons (Fsp3) is 1.00. The van der Waals surface area contributed by atoms with Crippen molar-refractivity contribution in [1.29, 1.82) is 0 Å². The molecule has 1 saturated heterocycles. The van der Waals surface area contributed by atoms with E-state index in [1.54, 1.807) is 0 Å². The lowest BCUT2D eigenvalue weighted by molar-refractivity contribution is -0.00488. The average Bonchev–Trinajstić information content (AvgIpc) is 1.94. The number of rotatable bonds is 5. The second kappa shape index (κ2) is 5.01. The van der Waals surface area contributed by atoms with Crippen molar-refractivity contribution in [2.75, 3.05) is 26.0 Å². The molecule has 0 radical (unpaired) electrons. The number of hydrogen-bond donors (Lipinski definition) is 1. The molecule has 1 rings (SSSR count). The van der Waals surface area contributed by atoms with Crippen molar-refractivity contribution < 1.29 is 4.74 Å². The summed E-state index contributed by atoms with van der Waals surface area (Å²) in [6.07, 6.45) is 3.43. The van der Waals surface area contributed by atoms with Gasteiger partial charge in [-0.1, -0.05) is 6.92 Å². The Hall–Kier alpha value is 0.270. The van der Waals surface area contributed by atoms with Crippen molar-refractivity contribution in [2.24, 2.45) is 0 Å². The van der Waals surface area contributed by atoms with Crippen molar-refractivity contribution >= 4 is 11.8 Å². The van der Waals surface area contributed by atoms with Crippen LogP contribution in [0.25, 0.3) is 0 Å². The van der Waals surface area contributed by atoms with Gasteiger partial charge < -0.3 is 10.1 Å². The van der Waals surface area contributed by atoms with Crippen molar-refractivity contribution in [2.45, 2.75) is 24.6 Å². The van der Waals surface area contributed by atoms with E-state index >= 15 is 0 Å². The predicted octanol–water partition coefficient (Wildman–Crippen LogP) is 1.12. The fourth-order valence-electron chi connectivity index (χ4n) is 0.962. The van der Waals surface area contributed by atoms with Gasteiger partial charge in [0.05, 0.1) is 19.3 Å². The summed E-state index contributed by atoms with van der Waals surface area (Å²) in [5.74, 6) is 0. The maximum absolute atomic E-state index is 5.05. The van der Waals surface area contributed by atoms with Crippen molar-refractivity contribution in [3.8, 4) is 0 Å². The van der Waals surface area contributed by atoms with Crippen molar-refractivity contribution in [3.05, 3.63) is 0 Å². The molecule has 1 unspecified atom stereocenters. The summed E-state index contributed by atoms with van der Waals surface area (Å²) in [7, 11) is 0. The predicted molar refractivity (Wildman–Crippen MR) is 50.2 cm³/mol. The monoisotopic (exact) mass is 175 g/mol. The molecule has 1 aliphatic rings. The Kier molecular flexibility index (Phi) is 4.26. The largest absolute Gasteiger partial charge is 0.378 e. The molecule has 66 valence electrons. The molecule has 1 atom stereocenters. The second-order valence-electron chi connectivity index (χ2n) is 3.02. The molecule has 1 heterocycles. The summed E-state index contributed by atoms with van der Waals surface area (Å²) in [6.45, 7) is 5.22. The van der Waals surface area contributed by atoms with Gasteiger partial charge in [0.15, 0.2) is 0 Å². The molecule has 1 aliphatic heterocycles. The molecule has 11 heavy (non-hydrogen) atoms. The Morgan fingerprint density at radius 2 is 2.36 bits per heavy atom. The summed E-state index contributed by atoms with van der Waals surface area (Å²) in [6, 6.07) is 0.643. The summed E-state index contributed by atoms with van der Waals surface area (Å²) in [5, 5.41) is 4.23. The Labute approximate surface area is 73.1 Å². The van der Waals surface area contributed by atoms with Crippen LogP contribution in [0.5, 0.6) is 0 Å². The zero-order chi connectivity index (χ0) is 8.10. The SMILES string of the molecule is CSC(C)CCNC1COC1. The van der Waals surface area contributed by atoms with Crippen LogP contribution in [0.3, 0.4) is 0 Å². The van der Waals surface area contributed by atoms with Gasteiger partial charge in [0.25, 0.3) is 0 Å². The number of nitrogens with one attached hydrogen (secondary N) is 1. The van der Waals surface area contributed by atoms with E-state index in [-0.39, 0.29) is 0 Å². The van der Waals surface area contributed by atoms with E-state index in [2.05, 4.69) is 18.5 Å². The third-order valence-corrected chi connectivity index (χ3v) is 3.06. The average molecular weight is 175 g/mol. The first-order chi connectivity index (χ1) is 5.33. The molecule has 1 N–H and O–H groups in total. The molecule has 0 amide bonds. The van der Waals surface area contributed by atoms with E-state index in [0.717, 1.165) is 25.0 Å². The van der Waals surface area contributed by atoms with Gasteiger partial charge in [-0.15, -0.1) is 0 Å². The van der Waals surface area contributed by atoms with Gasteiger partial charge in [-0.25, -0.2) is 0 Å². The minimum atomic E-state index is 0.643. The van der Waals surface area contributed by atoms with Crippen LogP contribution < -0.4 is 5.32 Å². The van der Waals surface area contributed by atoms with Gasteiger partial charge in [-0.3, -0.25) is 0 Å². The lowest BCUT2D eigenvalue weighted by atomic mass is 10.2. The minimum absolute atomic E-state index is 0.643. The second-order valence-corrected chi connectivity index (χ2v) is 4.30. The lowest BCUT2D eigenvalue weighted by Crippen LogP contribution is -2.46. The first-order valence-electron chi connectivity index (χ1n) is 4.17. The molecule has 0 aromatic heterocycles. The molecule has 0 aromatic rings. The molecule has 3 heteroatoms. The van der Waals surface area contributed by atoms with Gasteiger partial charge in [-0.2, -0.15) is 11.8 Å². The van der Waals surface area contributed by atoms with Gasteiger partial charge in [0.1, 0.15) is 0 Å². The molecule has 0 bridgehead atoms. The van der Waals surface area contributed by atoms with E-state index in [1.165, 1.54) is 6.42 Å². The van der Waals surface area contributed by atoms with Crippen LogP contribution in [0.1, 0.15) is 13.3 Å². The molecular formula is C8H17NOS. The van der Waals surface area contributed by atoms with Crippen LogP contribution in [0.2, 0.25) is 0 Å². The lowest BCUT2D eigenvalue weighted by Gasteiger charge is -2.27. The van der Waals surface area contributed by atoms with Crippen LogP contribution in [0.4, 0.5) is 0 Å². The zero-order valence-corrected chi connectivity index (χ0v) is 8.12. The smallest absolute Gasteiger partial charge is 0.0643 e. The highest BCUT2D eigenvalue weighted by molar-refractivity contribution is 7.99. The fourth-order valence-corrected chi connectivity index (χ4v) is 1.32. The molecule has 0 aliphatic carbocycles. The quantitative estimate of drug-likeness (QED) is 0.676. The van der Waals surface area contributed by atoms with Crippen LogP contribution in [0.15, 0.2) is 0 Å². The van der Waals surface area contributed by atoms with Crippen molar-refractivity contribution in [3.63, 3.8) is 0 Å². The first kappa shape index (κ1) is 9.36. The van der Waals surface area contributed by atoms with Crippen LogP contribution >= 0.6 is 11.8 Å². The maximum atomic E-state index is 5.05. The Balaban J connectivity index is 1.86. The molecule has 0 saturated carbocycles. The highest BCUT2D eigenvalue weighted by atomic mass is 32.2. The Morgan fingerprint density at radius 1 is 1.64 bits per heavy atom. The van der Waals surface area contributed by atoms with E-state index in [1.807, 2.05) is 11.8 Å². The topological polar surface area (TPSA) is 21.3 Å². The maximum Gasteiger partial charge on any atom is 0.0643 e. The summed E-state index contributed by atoms with van der Waals surface area (Å²) in [5.41, 5.74) is 0. The summed E-state index contributed by atoms with van der Waals surface area (Å²) in [4.78, 5) is 0. The van der Waals surface area contributed by atoms with E-state index in [0.29, 0.717) is 6.04 Å². The standard InChI is InChI=1S/C8H17NOS/c1-7(11-2)3-4-9-8-5-10-6-8/h7-9H,3-6H2,1-2H3. The van der Waals surface area contributed by atoms with Gasteiger partial charge in [0, 0.05) is 5.25 Å². The normalized spacial score (nSPS) is 21.3. The van der Waals surface area contributed by atoms with Gasteiger partial charge in [-0.05, 0) is 19.2 Å². The van der Waals surface area contributed by atoms with Gasteiger partial charge in [0.2, 0.25) is 0 Å². The third-order valence-electron chi connectivity index (χ3n) is 2.02. The highest BCUT2D eigenvalue weighted by Gasteiger charge is 2.16. The molecule has 0 spiro atoms. The van der Waals surface area contributed by atoms with Crippen LogP contribution in [-0.4, -0.2) is 37.3 Å². The van der Waals surface area contributed by atoms with E-state index < -0.39 is 0 Å².